The summed E-state index contributed by atoms with van der Waals surface area (Å²) < 4.78 is 35.5. The van der Waals surface area contributed by atoms with Crippen LogP contribution in [0, 0.1) is 18.8 Å². The zero-order valence-electron chi connectivity index (χ0n) is 16.6. The Balaban J connectivity index is 0.00000140. The number of ether oxygens (including phenoxy) is 1. The minimum atomic E-state index is -3.47. The van der Waals surface area contributed by atoms with Gasteiger partial charge in [0.1, 0.15) is 4.90 Å². The molecule has 4 rings (SSSR count). The van der Waals surface area contributed by atoms with Gasteiger partial charge in [-0.15, -0.1) is 24.8 Å². The predicted molar refractivity (Wildman–Crippen MR) is 113 cm³/mol. The monoisotopic (exact) mass is 454 g/mol. The third-order valence-electron chi connectivity index (χ3n) is 6.30. The summed E-state index contributed by atoms with van der Waals surface area (Å²) in [4.78, 5) is 2.93. The Bertz CT molecular complexity index is 738. The second kappa shape index (κ2) is 9.62. The molecule has 162 valence electrons. The number of halogens is 2. The van der Waals surface area contributed by atoms with E-state index < -0.39 is 10.0 Å². The van der Waals surface area contributed by atoms with Crippen molar-refractivity contribution in [1.29, 1.82) is 0 Å². The van der Waals surface area contributed by atoms with Crippen LogP contribution in [0.3, 0.4) is 0 Å². The maximum Gasteiger partial charge on any atom is 0.246 e. The van der Waals surface area contributed by atoms with Crippen LogP contribution in [0.4, 0.5) is 0 Å². The van der Waals surface area contributed by atoms with E-state index in [1.54, 1.807) is 22.1 Å². The molecule has 1 aliphatic carbocycles. The van der Waals surface area contributed by atoms with Gasteiger partial charge >= 0.3 is 0 Å². The first-order valence-corrected chi connectivity index (χ1v) is 11.3. The van der Waals surface area contributed by atoms with Crippen LogP contribution in [-0.4, -0.2) is 72.8 Å². The molecule has 1 aromatic rings. The van der Waals surface area contributed by atoms with Crippen LogP contribution in [0.1, 0.15) is 31.9 Å². The van der Waals surface area contributed by atoms with Gasteiger partial charge in [-0.1, -0.05) is 6.42 Å². The number of rotatable bonds is 4. The van der Waals surface area contributed by atoms with Gasteiger partial charge < -0.3 is 4.74 Å². The lowest BCUT2D eigenvalue weighted by molar-refractivity contribution is -0.0480. The molecule has 0 N–H and O–H groups in total. The Morgan fingerprint density at radius 2 is 1.75 bits per heavy atom. The first-order valence-electron chi connectivity index (χ1n) is 9.86. The number of sulfonamides is 1. The Labute approximate surface area is 180 Å². The maximum atomic E-state index is 13.3. The van der Waals surface area contributed by atoms with Crippen molar-refractivity contribution in [2.45, 2.75) is 50.6 Å². The van der Waals surface area contributed by atoms with Gasteiger partial charge in [-0.05, 0) is 38.5 Å². The third-order valence-corrected chi connectivity index (χ3v) is 8.24. The molecule has 3 heterocycles. The molecular formula is C18H32Cl2N4O3S. The number of aromatic nitrogens is 2. The lowest BCUT2D eigenvalue weighted by Gasteiger charge is -2.51. The third kappa shape index (κ3) is 4.37. The van der Waals surface area contributed by atoms with Crippen LogP contribution >= 0.6 is 24.8 Å². The summed E-state index contributed by atoms with van der Waals surface area (Å²) in [6, 6.07) is 0.513. The highest BCUT2D eigenvalue weighted by Gasteiger charge is 2.46. The van der Waals surface area contributed by atoms with Crippen molar-refractivity contribution in [1.82, 2.24) is 19.0 Å². The zero-order valence-corrected chi connectivity index (χ0v) is 19.1. The highest BCUT2D eigenvalue weighted by atomic mass is 35.5. The van der Waals surface area contributed by atoms with Gasteiger partial charge in [0.2, 0.25) is 10.0 Å². The molecule has 2 saturated heterocycles. The first-order chi connectivity index (χ1) is 12.5. The van der Waals surface area contributed by atoms with Crippen molar-refractivity contribution in [3.8, 4) is 0 Å². The summed E-state index contributed by atoms with van der Waals surface area (Å²) in [5.74, 6) is 0.855. The Morgan fingerprint density at radius 1 is 1.14 bits per heavy atom. The van der Waals surface area contributed by atoms with Gasteiger partial charge in [0, 0.05) is 45.0 Å². The largest absolute Gasteiger partial charge is 0.379 e. The summed E-state index contributed by atoms with van der Waals surface area (Å²) >= 11 is 0. The van der Waals surface area contributed by atoms with Crippen LogP contribution in [0.25, 0.3) is 0 Å². The summed E-state index contributed by atoms with van der Waals surface area (Å²) in [7, 11) is -3.47. The second-order valence-corrected chi connectivity index (χ2v) is 9.75. The summed E-state index contributed by atoms with van der Waals surface area (Å²) in [5.41, 5.74) is 0.604. The Morgan fingerprint density at radius 3 is 2.29 bits per heavy atom. The standard InChI is InChI=1S/C18H30N4O3S.2ClH/c1-3-21-13-17(14(2)19-21)26(23,24)22-11-15-5-4-6-16(12-22)18(15)20-7-9-25-10-8-20;;/h13,15-16,18H,3-12H2,1-2H3;2*1H. The van der Waals surface area contributed by atoms with Gasteiger partial charge in [-0.2, -0.15) is 9.40 Å². The molecule has 10 heteroatoms. The minimum absolute atomic E-state index is 0. The fraction of sp³-hybridized carbons (Fsp3) is 0.833. The molecule has 1 aromatic heterocycles. The molecule has 0 spiro atoms. The van der Waals surface area contributed by atoms with Crippen molar-refractivity contribution < 1.29 is 13.2 Å². The van der Waals surface area contributed by atoms with E-state index in [4.69, 9.17) is 4.74 Å². The fourth-order valence-electron chi connectivity index (χ4n) is 5.09. The quantitative estimate of drug-likeness (QED) is 0.696. The van der Waals surface area contributed by atoms with Gasteiger partial charge in [0.05, 0.1) is 18.9 Å². The van der Waals surface area contributed by atoms with E-state index in [-0.39, 0.29) is 24.8 Å². The lowest BCUT2D eigenvalue weighted by atomic mass is 9.73. The number of hydrogen-bond donors (Lipinski definition) is 0. The molecule has 2 unspecified atom stereocenters. The number of aryl methyl sites for hydroxylation is 2. The SMILES string of the molecule is CCn1cc(S(=O)(=O)N2CC3CCCC(C2)C3N2CCOCC2)c(C)n1.Cl.Cl. The summed E-state index contributed by atoms with van der Waals surface area (Å²) in [6.07, 6.45) is 5.15. The van der Waals surface area contributed by atoms with Crippen LogP contribution < -0.4 is 0 Å². The first kappa shape index (κ1) is 23.9. The van der Waals surface area contributed by atoms with Crippen molar-refractivity contribution in [3.05, 3.63) is 11.9 Å². The molecule has 7 nitrogen and oxygen atoms in total. The van der Waals surface area contributed by atoms with Crippen molar-refractivity contribution in [2.24, 2.45) is 11.8 Å². The molecule has 2 aliphatic heterocycles. The predicted octanol–water partition coefficient (Wildman–Crippen LogP) is 2.18. The topological polar surface area (TPSA) is 67.7 Å². The van der Waals surface area contributed by atoms with E-state index in [9.17, 15) is 8.42 Å². The van der Waals surface area contributed by atoms with Crippen LogP contribution in [0.15, 0.2) is 11.1 Å². The molecule has 3 aliphatic rings. The number of hydrogen-bond acceptors (Lipinski definition) is 5. The average molecular weight is 455 g/mol. The van der Waals surface area contributed by atoms with E-state index >= 15 is 0 Å². The highest BCUT2D eigenvalue weighted by molar-refractivity contribution is 7.89. The van der Waals surface area contributed by atoms with E-state index in [0.717, 1.165) is 39.1 Å². The summed E-state index contributed by atoms with van der Waals surface area (Å²) in [6.45, 7) is 9.28. The van der Waals surface area contributed by atoms with E-state index in [1.165, 1.54) is 6.42 Å². The molecule has 2 atom stereocenters. The molecule has 3 fully saturated rings. The van der Waals surface area contributed by atoms with Crippen LogP contribution in [-0.2, 0) is 21.3 Å². The zero-order chi connectivity index (χ0) is 18.3. The number of fused-ring (bicyclic) bond motifs is 2. The van der Waals surface area contributed by atoms with Crippen molar-refractivity contribution in [2.75, 3.05) is 39.4 Å². The fourth-order valence-corrected chi connectivity index (χ4v) is 6.81. The van der Waals surface area contributed by atoms with Gasteiger partial charge in [0.25, 0.3) is 0 Å². The van der Waals surface area contributed by atoms with Crippen molar-refractivity contribution >= 4 is 34.8 Å². The number of piperidine rings is 1. The van der Waals surface area contributed by atoms with E-state index in [1.807, 2.05) is 6.92 Å². The molecule has 28 heavy (non-hydrogen) atoms. The minimum Gasteiger partial charge on any atom is -0.379 e. The molecule has 2 bridgehead atoms. The van der Waals surface area contributed by atoms with Crippen LogP contribution in [0.2, 0.25) is 0 Å². The van der Waals surface area contributed by atoms with Gasteiger partial charge in [0.15, 0.2) is 0 Å². The second-order valence-electron chi connectivity index (χ2n) is 7.85. The number of nitrogens with zero attached hydrogens (tertiary/aromatic N) is 4. The maximum absolute atomic E-state index is 13.3. The van der Waals surface area contributed by atoms with E-state index in [2.05, 4.69) is 10.00 Å². The molecule has 0 amide bonds. The molecular weight excluding hydrogens is 423 g/mol. The van der Waals surface area contributed by atoms with E-state index in [0.29, 0.717) is 48.1 Å². The molecule has 0 aromatic carbocycles. The molecule has 0 radical (unpaired) electrons. The Kier molecular flexibility index (Phi) is 8.21. The van der Waals surface area contributed by atoms with Crippen molar-refractivity contribution in [3.63, 3.8) is 0 Å². The van der Waals surface area contributed by atoms with Gasteiger partial charge in [-0.25, -0.2) is 8.42 Å². The lowest BCUT2D eigenvalue weighted by Crippen LogP contribution is -2.60. The van der Waals surface area contributed by atoms with Gasteiger partial charge in [-0.3, -0.25) is 9.58 Å². The molecule has 1 saturated carbocycles. The van der Waals surface area contributed by atoms with Crippen LogP contribution in [0.5, 0.6) is 0 Å². The number of morpholine rings is 1. The Hall–Kier alpha value is -0.380. The highest BCUT2D eigenvalue weighted by Crippen LogP contribution is 2.40. The average Bonchev–Trinajstić information content (AvgIpc) is 3.03. The smallest absolute Gasteiger partial charge is 0.246 e. The normalized spacial score (nSPS) is 29.0. The summed E-state index contributed by atoms with van der Waals surface area (Å²) in [5, 5.41) is 4.34.